The normalized spacial score (nSPS) is 9.93. The van der Waals surface area contributed by atoms with Gasteiger partial charge in [0.2, 0.25) is 0 Å². The largest absolute Gasteiger partial charge is 0.427 e. The Balaban J connectivity index is 2.19. The fourth-order valence-electron chi connectivity index (χ4n) is 1.13. The van der Waals surface area contributed by atoms with Gasteiger partial charge in [0.25, 0.3) is 0 Å². The van der Waals surface area contributed by atoms with E-state index in [1.807, 2.05) is 30.0 Å². The van der Waals surface area contributed by atoms with Crippen molar-refractivity contribution in [1.82, 2.24) is 0 Å². The van der Waals surface area contributed by atoms with Gasteiger partial charge in [0.15, 0.2) is 0 Å². The van der Waals surface area contributed by atoms with Gasteiger partial charge in [0.05, 0.1) is 0 Å². The molecule has 0 atom stereocenters. The van der Waals surface area contributed by atoms with Crippen LogP contribution in [-0.2, 0) is 4.79 Å². The lowest BCUT2D eigenvalue weighted by Gasteiger charge is -2.03. The van der Waals surface area contributed by atoms with Crippen molar-refractivity contribution in [2.75, 3.05) is 11.5 Å². The van der Waals surface area contributed by atoms with E-state index in [1.54, 1.807) is 12.1 Å². The number of rotatable bonds is 6. The lowest BCUT2D eigenvalue weighted by Crippen LogP contribution is -2.07. The SMILES string of the molecule is CCSCCCC(=O)Oc1ccccc1. The molecule has 1 aromatic rings. The minimum atomic E-state index is -0.141. The zero-order chi connectivity index (χ0) is 10.9. The molecule has 0 aliphatic carbocycles. The van der Waals surface area contributed by atoms with E-state index in [2.05, 4.69) is 6.92 Å². The van der Waals surface area contributed by atoms with Crippen LogP contribution in [0, 0.1) is 0 Å². The molecule has 2 nitrogen and oxygen atoms in total. The summed E-state index contributed by atoms with van der Waals surface area (Å²) >= 11 is 1.85. The van der Waals surface area contributed by atoms with E-state index >= 15 is 0 Å². The van der Waals surface area contributed by atoms with Crippen molar-refractivity contribution in [2.45, 2.75) is 19.8 Å². The monoisotopic (exact) mass is 224 g/mol. The number of ether oxygens (including phenoxy) is 1. The lowest BCUT2D eigenvalue weighted by molar-refractivity contribution is -0.134. The molecule has 0 aliphatic rings. The predicted octanol–water partition coefficient (Wildman–Crippen LogP) is 3.13. The van der Waals surface area contributed by atoms with Gasteiger partial charge in [-0.2, -0.15) is 11.8 Å². The van der Waals surface area contributed by atoms with E-state index in [4.69, 9.17) is 4.74 Å². The van der Waals surface area contributed by atoms with Crippen molar-refractivity contribution in [3.05, 3.63) is 30.3 Å². The number of hydrogen-bond acceptors (Lipinski definition) is 3. The van der Waals surface area contributed by atoms with Crippen LogP contribution in [0.4, 0.5) is 0 Å². The first kappa shape index (κ1) is 12.1. The predicted molar refractivity (Wildman–Crippen MR) is 64.3 cm³/mol. The van der Waals surface area contributed by atoms with Crippen LogP contribution in [0.1, 0.15) is 19.8 Å². The summed E-state index contributed by atoms with van der Waals surface area (Å²) in [5.41, 5.74) is 0. The van der Waals surface area contributed by atoms with Crippen LogP contribution in [0.25, 0.3) is 0 Å². The highest BCUT2D eigenvalue weighted by atomic mass is 32.2. The Morgan fingerprint density at radius 3 is 2.73 bits per heavy atom. The molecule has 0 spiro atoms. The average Bonchev–Trinajstić information content (AvgIpc) is 2.26. The molecule has 0 bridgehead atoms. The number of benzene rings is 1. The summed E-state index contributed by atoms with van der Waals surface area (Å²) in [5, 5.41) is 0. The van der Waals surface area contributed by atoms with E-state index in [1.165, 1.54) is 0 Å². The third-order valence-electron chi connectivity index (χ3n) is 1.85. The number of carbonyl (C=O) groups is 1. The van der Waals surface area contributed by atoms with Gasteiger partial charge in [-0.05, 0) is 30.1 Å². The average molecular weight is 224 g/mol. The fourth-order valence-corrected chi connectivity index (χ4v) is 1.77. The molecule has 0 aromatic heterocycles. The summed E-state index contributed by atoms with van der Waals surface area (Å²) in [4.78, 5) is 11.3. The number of carbonyl (C=O) groups excluding carboxylic acids is 1. The molecule has 0 fully saturated rings. The standard InChI is InChI=1S/C12H16O2S/c1-2-15-10-6-9-12(13)14-11-7-4-3-5-8-11/h3-5,7-8H,2,6,9-10H2,1H3. The zero-order valence-electron chi connectivity index (χ0n) is 8.94. The van der Waals surface area contributed by atoms with E-state index in [0.717, 1.165) is 17.9 Å². The summed E-state index contributed by atoms with van der Waals surface area (Å²) in [6.07, 6.45) is 1.39. The lowest BCUT2D eigenvalue weighted by atomic mass is 10.3. The van der Waals surface area contributed by atoms with E-state index in [9.17, 15) is 4.79 Å². The highest BCUT2D eigenvalue weighted by Crippen LogP contribution is 2.10. The van der Waals surface area contributed by atoms with Crippen molar-refractivity contribution < 1.29 is 9.53 Å². The van der Waals surface area contributed by atoms with Gasteiger partial charge in [-0.1, -0.05) is 25.1 Å². The molecular formula is C12H16O2S. The molecule has 0 saturated carbocycles. The van der Waals surface area contributed by atoms with E-state index < -0.39 is 0 Å². The molecule has 1 aromatic carbocycles. The molecule has 0 amide bonds. The minimum Gasteiger partial charge on any atom is -0.427 e. The van der Waals surface area contributed by atoms with Gasteiger partial charge in [-0.25, -0.2) is 0 Å². The van der Waals surface area contributed by atoms with Gasteiger partial charge >= 0.3 is 5.97 Å². The molecule has 0 aliphatic heterocycles. The first-order valence-corrected chi connectivity index (χ1v) is 6.32. The Morgan fingerprint density at radius 1 is 1.33 bits per heavy atom. The zero-order valence-corrected chi connectivity index (χ0v) is 9.76. The first-order chi connectivity index (χ1) is 7.33. The fraction of sp³-hybridized carbons (Fsp3) is 0.417. The van der Waals surface area contributed by atoms with Crippen LogP contribution in [-0.4, -0.2) is 17.5 Å². The van der Waals surface area contributed by atoms with Gasteiger partial charge in [-0.15, -0.1) is 0 Å². The highest BCUT2D eigenvalue weighted by Gasteiger charge is 2.03. The number of hydrogen-bond donors (Lipinski definition) is 0. The maximum absolute atomic E-state index is 11.3. The summed E-state index contributed by atoms with van der Waals surface area (Å²) < 4.78 is 5.15. The smallest absolute Gasteiger partial charge is 0.311 e. The van der Waals surface area contributed by atoms with E-state index in [0.29, 0.717) is 12.2 Å². The Bertz CT molecular complexity index is 285. The maximum Gasteiger partial charge on any atom is 0.311 e. The third kappa shape index (κ3) is 5.47. The molecule has 15 heavy (non-hydrogen) atoms. The van der Waals surface area contributed by atoms with Gasteiger partial charge in [-0.3, -0.25) is 4.79 Å². The molecule has 1 rings (SSSR count). The minimum absolute atomic E-state index is 0.141. The maximum atomic E-state index is 11.3. The summed E-state index contributed by atoms with van der Waals surface area (Å²) in [5.74, 6) is 2.62. The summed E-state index contributed by atoms with van der Waals surface area (Å²) in [7, 11) is 0. The summed E-state index contributed by atoms with van der Waals surface area (Å²) in [6, 6.07) is 9.19. The molecule has 0 radical (unpaired) electrons. The second-order valence-electron chi connectivity index (χ2n) is 3.09. The Hall–Kier alpha value is -0.960. The van der Waals surface area contributed by atoms with Crippen molar-refractivity contribution in [3.8, 4) is 5.75 Å². The van der Waals surface area contributed by atoms with Crippen LogP contribution >= 0.6 is 11.8 Å². The highest BCUT2D eigenvalue weighted by molar-refractivity contribution is 7.99. The van der Waals surface area contributed by atoms with Gasteiger partial charge in [0, 0.05) is 6.42 Å². The van der Waals surface area contributed by atoms with Crippen LogP contribution in [0.15, 0.2) is 30.3 Å². The number of para-hydroxylation sites is 1. The molecule has 0 heterocycles. The van der Waals surface area contributed by atoms with Crippen molar-refractivity contribution in [3.63, 3.8) is 0 Å². The van der Waals surface area contributed by atoms with Crippen LogP contribution in [0.5, 0.6) is 5.75 Å². The molecule has 0 saturated heterocycles. The van der Waals surface area contributed by atoms with Crippen molar-refractivity contribution >= 4 is 17.7 Å². The second kappa shape index (κ2) is 7.35. The third-order valence-corrected chi connectivity index (χ3v) is 2.83. The van der Waals surface area contributed by atoms with Crippen molar-refractivity contribution in [1.29, 1.82) is 0 Å². The Labute approximate surface area is 95.0 Å². The topological polar surface area (TPSA) is 26.3 Å². The van der Waals surface area contributed by atoms with Crippen LogP contribution in [0.2, 0.25) is 0 Å². The first-order valence-electron chi connectivity index (χ1n) is 5.16. The number of esters is 1. The van der Waals surface area contributed by atoms with Gasteiger partial charge in [0.1, 0.15) is 5.75 Å². The quantitative estimate of drug-likeness (QED) is 0.422. The van der Waals surface area contributed by atoms with Crippen molar-refractivity contribution in [2.24, 2.45) is 0 Å². The second-order valence-corrected chi connectivity index (χ2v) is 4.48. The summed E-state index contributed by atoms with van der Waals surface area (Å²) in [6.45, 7) is 2.12. The Kier molecular flexibility index (Phi) is 5.93. The molecular weight excluding hydrogens is 208 g/mol. The Morgan fingerprint density at radius 2 is 2.07 bits per heavy atom. The molecule has 0 unspecified atom stereocenters. The molecule has 3 heteroatoms. The molecule has 0 N–H and O–H groups in total. The number of thioether (sulfide) groups is 1. The van der Waals surface area contributed by atoms with E-state index in [-0.39, 0.29) is 5.97 Å². The van der Waals surface area contributed by atoms with Crippen LogP contribution < -0.4 is 4.74 Å². The van der Waals surface area contributed by atoms with Gasteiger partial charge < -0.3 is 4.74 Å². The molecule has 82 valence electrons. The van der Waals surface area contributed by atoms with Crippen LogP contribution in [0.3, 0.4) is 0 Å².